The van der Waals surface area contributed by atoms with E-state index in [0.717, 1.165) is 17.5 Å². The molecule has 0 atom stereocenters. The summed E-state index contributed by atoms with van der Waals surface area (Å²) in [5.74, 6) is 0. The Balaban J connectivity index is 2.34. The van der Waals surface area contributed by atoms with Crippen LogP contribution in [0.2, 0.25) is 5.02 Å². The topological polar surface area (TPSA) is 37.4 Å². The summed E-state index contributed by atoms with van der Waals surface area (Å²) in [6, 6.07) is 6.84. The standard InChI is InChI=1S/C15H18ClNO2S2/c1-3-7-17(10-13-6-8-20-11-13)21(18,19)14-5-4-12(2)15(16)9-14/h4-6,8-9,11H,3,7,10H2,1-2H3. The maximum atomic E-state index is 12.8. The molecule has 0 aliphatic rings. The molecule has 0 unspecified atom stereocenters. The first-order valence-electron chi connectivity index (χ1n) is 6.72. The van der Waals surface area contributed by atoms with Gasteiger partial charge in [-0.1, -0.05) is 24.6 Å². The van der Waals surface area contributed by atoms with Crippen molar-refractivity contribution in [3.63, 3.8) is 0 Å². The second kappa shape index (κ2) is 6.92. The molecule has 0 N–H and O–H groups in total. The van der Waals surface area contributed by atoms with Crippen LogP contribution in [0.5, 0.6) is 0 Å². The van der Waals surface area contributed by atoms with Crippen LogP contribution in [0.1, 0.15) is 24.5 Å². The van der Waals surface area contributed by atoms with Gasteiger partial charge in [0.1, 0.15) is 0 Å². The van der Waals surface area contributed by atoms with Crippen LogP contribution in [0.4, 0.5) is 0 Å². The summed E-state index contributed by atoms with van der Waals surface area (Å²) in [5, 5.41) is 4.40. The average molecular weight is 344 g/mol. The molecule has 2 aromatic rings. The number of hydrogen-bond acceptors (Lipinski definition) is 3. The lowest BCUT2D eigenvalue weighted by atomic mass is 10.2. The van der Waals surface area contributed by atoms with Crippen molar-refractivity contribution < 1.29 is 8.42 Å². The summed E-state index contributed by atoms with van der Waals surface area (Å²) in [4.78, 5) is 0.252. The lowest BCUT2D eigenvalue weighted by Crippen LogP contribution is -2.31. The van der Waals surface area contributed by atoms with Gasteiger partial charge in [0.05, 0.1) is 4.90 Å². The number of sulfonamides is 1. The molecule has 0 aliphatic carbocycles. The predicted octanol–water partition coefficient (Wildman–Crippen LogP) is 4.31. The molecule has 0 bridgehead atoms. The van der Waals surface area contributed by atoms with E-state index >= 15 is 0 Å². The minimum Gasteiger partial charge on any atom is -0.207 e. The highest BCUT2D eigenvalue weighted by molar-refractivity contribution is 7.89. The van der Waals surface area contributed by atoms with Crippen molar-refractivity contribution in [2.75, 3.05) is 6.54 Å². The second-order valence-electron chi connectivity index (χ2n) is 4.88. The van der Waals surface area contributed by atoms with Crippen LogP contribution >= 0.6 is 22.9 Å². The van der Waals surface area contributed by atoms with E-state index < -0.39 is 10.0 Å². The molecule has 0 saturated heterocycles. The summed E-state index contributed by atoms with van der Waals surface area (Å²) < 4.78 is 27.1. The molecule has 0 saturated carbocycles. The third-order valence-corrected chi connectivity index (χ3v) is 6.17. The van der Waals surface area contributed by atoms with E-state index in [9.17, 15) is 8.42 Å². The molecule has 3 nitrogen and oxygen atoms in total. The van der Waals surface area contributed by atoms with Crippen molar-refractivity contribution in [3.8, 4) is 0 Å². The fourth-order valence-corrected chi connectivity index (χ4v) is 4.45. The lowest BCUT2D eigenvalue weighted by molar-refractivity contribution is 0.406. The molecule has 0 aliphatic heterocycles. The van der Waals surface area contributed by atoms with Crippen LogP contribution in [0.25, 0.3) is 0 Å². The Morgan fingerprint density at radius 3 is 2.62 bits per heavy atom. The summed E-state index contributed by atoms with van der Waals surface area (Å²) >= 11 is 7.63. The maximum Gasteiger partial charge on any atom is 0.243 e. The number of benzene rings is 1. The smallest absolute Gasteiger partial charge is 0.207 e. The Kier molecular flexibility index (Phi) is 5.43. The van der Waals surface area contributed by atoms with Gasteiger partial charge in [0.15, 0.2) is 0 Å². The Morgan fingerprint density at radius 1 is 1.29 bits per heavy atom. The van der Waals surface area contributed by atoms with Crippen molar-refractivity contribution in [2.45, 2.75) is 31.7 Å². The van der Waals surface area contributed by atoms with E-state index in [0.29, 0.717) is 18.1 Å². The Morgan fingerprint density at radius 2 is 2.05 bits per heavy atom. The van der Waals surface area contributed by atoms with E-state index in [-0.39, 0.29) is 4.90 Å². The van der Waals surface area contributed by atoms with Crippen molar-refractivity contribution >= 4 is 33.0 Å². The number of aryl methyl sites for hydroxylation is 1. The minimum atomic E-state index is -3.53. The zero-order chi connectivity index (χ0) is 15.5. The predicted molar refractivity (Wildman–Crippen MR) is 88.4 cm³/mol. The van der Waals surface area contributed by atoms with Gasteiger partial charge in [-0.15, -0.1) is 0 Å². The van der Waals surface area contributed by atoms with Crippen LogP contribution < -0.4 is 0 Å². The van der Waals surface area contributed by atoms with Gasteiger partial charge < -0.3 is 0 Å². The molecule has 1 heterocycles. The van der Waals surface area contributed by atoms with Crippen LogP contribution in [0.3, 0.4) is 0 Å². The molecule has 114 valence electrons. The molecular formula is C15H18ClNO2S2. The van der Waals surface area contributed by atoms with Crippen molar-refractivity contribution in [1.29, 1.82) is 0 Å². The Hall–Kier alpha value is -0.880. The second-order valence-corrected chi connectivity index (χ2v) is 8.01. The summed E-state index contributed by atoms with van der Waals surface area (Å²) in [7, 11) is -3.53. The summed E-state index contributed by atoms with van der Waals surface area (Å²) in [6.45, 7) is 4.71. The molecule has 0 amide bonds. The highest BCUT2D eigenvalue weighted by atomic mass is 35.5. The summed E-state index contributed by atoms with van der Waals surface area (Å²) in [6.07, 6.45) is 0.767. The van der Waals surface area contributed by atoms with Crippen LogP contribution in [0, 0.1) is 6.92 Å². The van der Waals surface area contributed by atoms with Crippen molar-refractivity contribution in [1.82, 2.24) is 4.31 Å². The normalized spacial score (nSPS) is 12.0. The SMILES string of the molecule is CCCN(Cc1ccsc1)S(=O)(=O)c1ccc(C)c(Cl)c1. The van der Waals surface area contributed by atoms with Gasteiger partial charge in [0, 0.05) is 18.1 Å². The van der Waals surface area contributed by atoms with Crippen LogP contribution in [0.15, 0.2) is 39.9 Å². The number of thiophene rings is 1. The molecule has 6 heteroatoms. The van der Waals surface area contributed by atoms with Crippen molar-refractivity contribution in [3.05, 3.63) is 51.2 Å². The van der Waals surface area contributed by atoms with E-state index in [1.807, 2.05) is 30.7 Å². The monoisotopic (exact) mass is 343 g/mol. The first kappa shape index (κ1) is 16.5. The van der Waals surface area contributed by atoms with E-state index in [4.69, 9.17) is 11.6 Å². The van der Waals surface area contributed by atoms with Gasteiger partial charge in [0.25, 0.3) is 0 Å². The van der Waals surface area contributed by atoms with Gasteiger partial charge in [0.2, 0.25) is 10.0 Å². The zero-order valence-electron chi connectivity index (χ0n) is 12.0. The molecule has 21 heavy (non-hydrogen) atoms. The molecule has 0 spiro atoms. The van der Waals surface area contributed by atoms with E-state index in [1.54, 1.807) is 23.5 Å². The van der Waals surface area contributed by atoms with Gasteiger partial charge in [-0.25, -0.2) is 8.42 Å². The third-order valence-electron chi connectivity index (χ3n) is 3.19. The Bertz CT molecular complexity index is 696. The summed E-state index contributed by atoms with van der Waals surface area (Å²) in [5.41, 5.74) is 1.88. The molecule has 0 radical (unpaired) electrons. The Labute approximate surface area is 135 Å². The van der Waals surface area contributed by atoms with Gasteiger partial charge in [-0.05, 0) is 53.4 Å². The minimum absolute atomic E-state index is 0.252. The zero-order valence-corrected chi connectivity index (χ0v) is 14.4. The average Bonchev–Trinajstić information content (AvgIpc) is 2.94. The van der Waals surface area contributed by atoms with Crippen LogP contribution in [-0.4, -0.2) is 19.3 Å². The molecule has 2 rings (SSSR count). The third kappa shape index (κ3) is 3.86. The molecule has 1 aromatic heterocycles. The van der Waals surface area contributed by atoms with Crippen molar-refractivity contribution in [2.24, 2.45) is 0 Å². The fourth-order valence-electron chi connectivity index (χ4n) is 2.00. The number of halogens is 1. The first-order valence-corrected chi connectivity index (χ1v) is 9.48. The quantitative estimate of drug-likeness (QED) is 0.783. The maximum absolute atomic E-state index is 12.8. The van der Waals surface area contributed by atoms with Crippen LogP contribution in [-0.2, 0) is 16.6 Å². The largest absolute Gasteiger partial charge is 0.243 e. The highest BCUT2D eigenvalue weighted by Gasteiger charge is 2.24. The van der Waals surface area contributed by atoms with Gasteiger partial charge in [-0.2, -0.15) is 15.6 Å². The number of rotatable bonds is 6. The molecule has 0 fully saturated rings. The molecule has 1 aromatic carbocycles. The number of nitrogens with zero attached hydrogens (tertiary/aromatic N) is 1. The first-order chi connectivity index (χ1) is 9.95. The van der Waals surface area contributed by atoms with E-state index in [1.165, 1.54) is 10.4 Å². The van der Waals surface area contributed by atoms with E-state index in [2.05, 4.69) is 0 Å². The highest BCUT2D eigenvalue weighted by Crippen LogP contribution is 2.24. The lowest BCUT2D eigenvalue weighted by Gasteiger charge is -2.21. The van der Waals surface area contributed by atoms with Gasteiger partial charge >= 0.3 is 0 Å². The fraction of sp³-hybridized carbons (Fsp3) is 0.333. The van der Waals surface area contributed by atoms with Gasteiger partial charge in [-0.3, -0.25) is 0 Å². The molecular weight excluding hydrogens is 326 g/mol. The number of hydrogen-bond donors (Lipinski definition) is 0.